The molecular weight excluding hydrogens is 274 g/mol. The van der Waals surface area contributed by atoms with Crippen LogP contribution in [0, 0.1) is 0 Å². The van der Waals surface area contributed by atoms with Gasteiger partial charge in [-0.2, -0.15) is 0 Å². The van der Waals surface area contributed by atoms with E-state index >= 15 is 0 Å². The molecule has 3 rings (SSSR count). The molecule has 1 fully saturated rings. The highest BCUT2D eigenvalue weighted by molar-refractivity contribution is 9.10. The summed E-state index contributed by atoms with van der Waals surface area (Å²) in [6.07, 6.45) is 8.18. The summed E-state index contributed by atoms with van der Waals surface area (Å²) in [6, 6.07) is 7.58. The number of nitrogens with zero attached hydrogens (tertiary/aromatic N) is 1. The summed E-state index contributed by atoms with van der Waals surface area (Å²) in [6.45, 7) is 2.61. The number of rotatable bonds is 1. The molecule has 1 heterocycles. The van der Waals surface area contributed by atoms with Gasteiger partial charge in [0.2, 0.25) is 0 Å². The van der Waals surface area contributed by atoms with E-state index < -0.39 is 0 Å². The average Bonchev–Trinajstić information content (AvgIpc) is 2.39. The Morgan fingerprint density at radius 3 is 2.71 bits per heavy atom. The van der Waals surface area contributed by atoms with Gasteiger partial charge in [-0.15, -0.1) is 0 Å². The third-order valence-corrected chi connectivity index (χ3v) is 4.71. The number of aryl methyl sites for hydroxylation is 1. The van der Waals surface area contributed by atoms with Crippen molar-refractivity contribution < 1.29 is 0 Å². The predicted molar refractivity (Wildman–Crippen MR) is 75.2 cm³/mol. The number of halogens is 1. The molecule has 0 saturated carbocycles. The summed E-state index contributed by atoms with van der Waals surface area (Å²) in [5.74, 6) is 0. The third kappa shape index (κ3) is 2.43. The van der Waals surface area contributed by atoms with Crippen LogP contribution in [-0.2, 0) is 6.42 Å². The normalized spacial score (nSPS) is 25.6. The van der Waals surface area contributed by atoms with Gasteiger partial charge in [-0.25, -0.2) is 0 Å². The van der Waals surface area contributed by atoms with Gasteiger partial charge < -0.3 is 0 Å². The van der Waals surface area contributed by atoms with Crippen molar-refractivity contribution in [2.45, 2.75) is 44.6 Å². The van der Waals surface area contributed by atoms with Crippen LogP contribution in [0.2, 0.25) is 0 Å². The van der Waals surface area contributed by atoms with Crippen molar-refractivity contribution in [2.75, 3.05) is 13.1 Å². The molecule has 1 aliphatic carbocycles. The van der Waals surface area contributed by atoms with E-state index in [-0.39, 0.29) is 0 Å². The molecular formula is C15H20BrN. The second-order valence-electron chi connectivity index (χ2n) is 5.35. The van der Waals surface area contributed by atoms with E-state index in [9.17, 15) is 0 Å². The lowest BCUT2D eigenvalue weighted by Crippen LogP contribution is -2.35. The minimum atomic E-state index is 0.701. The van der Waals surface area contributed by atoms with Crippen LogP contribution in [0.5, 0.6) is 0 Å². The van der Waals surface area contributed by atoms with Gasteiger partial charge in [0.25, 0.3) is 0 Å². The molecule has 1 nitrogen and oxygen atoms in total. The fourth-order valence-corrected chi connectivity index (χ4v) is 3.78. The Morgan fingerprint density at radius 1 is 1.06 bits per heavy atom. The first-order valence-electron chi connectivity index (χ1n) is 6.87. The summed E-state index contributed by atoms with van der Waals surface area (Å²) in [5.41, 5.74) is 3.17. The third-order valence-electron chi connectivity index (χ3n) is 4.22. The number of fused-ring (bicyclic) bond motifs is 1. The van der Waals surface area contributed by atoms with Crippen molar-refractivity contribution in [1.29, 1.82) is 0 Å². The fourth-order valence-electron chi connectivity index (χ4n) is 3.37. The molecule has 0 amide bonds. The van der Waals surface area contributed by atoms with E-state index in [0.717, 1.165) is 0 Å². The van der Waals surface area contributed by atoms with Crippen LogP contribution in [0.3, 0.4) is 0 Å². The molecule has 0 spiro atoms. The van der Waals surface area contributed by atoms with Crippen molar-refractivity contribution in [3.05, 3.63) is 33.8 Å². The Kier molecular flexibility index (Phi) is 3.53. The minimum Gasteiger partial charge on any atom is -0.296 e. The van der Waals surface area contributed by atoms with Crippen LogP contribution in [-0.4, -0.2) is 18.0 Å². The molecule has 1 aromatic carbocycles. The van der Waals surface area contributed by atoms with E-state index in [2.05, 4.69) is 39.0 Å². The molecule has 0 radical (unpaired) electrons. The SMILES string of the molecule is Brc1ccc2c(c1)CCCC2N1CCCCC1. The van der Waals surface area contributed by atoms with Gasteiger partial charge in [0.15, 0.2) is 0 Å². The zero-order valence-corrected chi connectivity index (χ0v) is 11.9. The number of hydrogen-bond acceptors (Lipinski definition) is 1. The second kappa shape index (κ2) is 5.11. The zero-order chi connectivity index (χ0) is 11.7. The molecule has 1 unspecified atom stereocenters. The van der Waals surface area contributed by atoms with Crippen molar-refractivity contribution in [3.8, 4) is 0 Å². The largest absolute Gasteiger partial charge is 0.296 e. The number of likely N-dealkylation sites (tertiary alicyclic amines) is 1. The van der Waals surface area contributed by atoms with Gasteiger partial charge in [0, 0.05) is 10.5 Å². The smallest absolute Gasteiger partial charge is 0.0350 e. The molecule has 92 valence electrons. The van der Waals surface area contributed by atoms with Crippen LogP contribution >= 0.6 is 15.9 Å². The Hall–Kier alpha value is -0.340. The van der Waals surface area contributed by atoms with Gasteiger partial charge >= 0.3 is 0 Å². The van der Waals surface area contributed by atoms with Gasteiger partial charge in [0.1, 0.15) is 0 Å². The number of hydrogen-bond donors (Lipinski definition) is 0. The van der Waals surface area contributed by atoms with Gasteiger partial charge in [-0.05, 0) is 68.5 Å². The quantitative estimate of drug-likeness (QED) is 0.746. The molecule has 2 aliphatic rings. The molecule has 1 saturated heterocycles. The van der Waals surface area contributed by atoms with E-state index in [1.165, 1.54) is 56.1 Å². The lowest BCUT2D eigenvalue weighted by atomic mass is 9.86. The maximum Gasteiger partial charge on any atom is 0.0350 e. The molecule has 0 N–H and O–H groups in total. The van der Waals surface area contributed by atoms with Crippen LogP contribution in [0.4, 0.5) is 0 Å². The first-order valence-corrected chi connectivity index (χ1v) is 7.66. The Labute approximate surface area is 112 Å². The summed E-state index contributed by atoms with van der Waals surface area (Å²) in [5, 5.41) is 0. The van der Waals surface area contributed by atoms with Crippen LogP contribution in [0.25, 0.3) is 0 Å². The highest BCUT2D eigenvalue weighted by atomic mass is 79.9. The number of piperidine rings is 1. The molecule has 0 bridgehead atoms. The van der Waals surface area contributed by atoms with Gasteiger partial charge in [-0.1, -0.05) is 28.4 Å². The summed E-state index contributed by atoms with van der Waals surface area (Å²) >= 11 is 3.59. The van der Waals surface area contributed by atoms with E-state index in [4.69, 9.17) is 0 Å². The van der Waals surface area contributed by atoms with Gasteiger partial charge in [0.05, 0.1) is 0 Å². The first kappa shape index (κ1) is 11.7. The van der Waals surface area contributed by atoms with E-state index in [0.29, 0.717) is 6.04 Å². The van der Waals surface area contributed by atoms with Gasteiger partial charge in [-0.3, -0.25) is 4.90 Å². The highest BCUT2D eigenvalue weighted by Crippen LogP contribution is 2.36. The van der Waals surface area contributed by atoms with Crippen LogP contribution in [0.15, 0.2) is 22.7 Å². The number of benzene rings is 1. The predicted octanol–water partition coefficient (Wildman–Crippen LogP) is 4.31. The van der Waals surface area contributed by atoms with E-state index in [1.807, 2.05) is 0 Å². The molecule has 1 atom stereocenters. The molecule has 2 heteroatoms. The topological polar surface area (TPSA) is 3.24 Å². The summed E-state index contributed by atoms with van der Waals surface area (Å²) in [4.78, 5) is 2.72. The Morgan fingerprint density at radius 2 is 1.88 bits per heavy atom. The summed E-state index contributed by atoms with van der Waals surface area (Å²) in [7, 11) is 0. The monoisotopic (exact) mass is 293 g/mol. The lowest BCUT2D eigenvalue weighted by Gasteiger charge is -2.38. The maximum absolute atomic E-state index is 3.59. The standard InChI is InChI=1S/C15H20BrN/c16-13-7-8-14-12(11-13)5-4-6-15(14)17-9-2-1-3-10-17/h7-8,11,15H,1-6,9-10H2. The lowest BCUT2D eigenvalue weighted by molar-refractivity contribution is 0.148. The second-order valence-corrected chi connectivity index (χ2v) is 6.26. The fraction of sp³-hybridized carbons (Fsp3) is 0.600. The van der Waals surface area contributed by atoms with Crippen molar-refractivity contribution in [1.82, 2.24) is 4.90 Å². The van der Waals surface area contributed by atoms with Crippen LogP contribution in [0.1, 0.15) is 49.3 Å². The average molecular weight is 294 g/mol. The van der Waals surface area contributed by atoms with Crippen LogP contribution < -0.4 is 0 Å². The zero-order valence-electron chi connectivity index (χ0n) is 10.3. The summed E-state index contributed by atoms with van der Waals surface area (Å²) < 4.78 is 1.23. The van der Waals surface area contributed by atoms with Crippen molar-refractivity contribution in [2.24, 2.45) is 0 Å². The van der Waals surface area contributed by atoms with Crippen molar-refractivity contribution in [3.63, 3.8) is 0 Å². The maximum atomic E-state index is 3.59. The molecule has 17 heavy (non-hydrogen) atoms. The van der Waals surface area contributed by atoms with Crippen molar-refractivity contribution >= 4 is 15.9 Å². The van der Waals surface area contributed by atoms with E-state index in [1.54, 1.807) is 11.1 Å². The Bertz CT molecular complexity index is 396. The Balaban J connectivity index is 1.88. The molecule has 1 aromatic rings. The highest BCUT2D eigenvalue weighted by Gasteiger charge is 2.26. The molecule has 0 aromatic heterocycles. The minimum absolute atomic E-state index is 0.701. The first-order chi connectivity index (χ1) is 8.34. The molecule has 1 aliphatic heterocycles.